The van der Waals surface area contributed by atoms with Gasteiger partial charge in [0.2, 0.25) is 0 Å². The van der Waals surface area contributed by atoms with E-state index in [0.29, 0.717) is 0 Å². The summed E-state index contributed by atoms with van der Waals surface area (Å²) in [6.45, 7) is 7.75. The summed E-state index contributed by atoms with van der Waals surface area (Å²) in [4.78, 5) is 2.79. The van der Waals surface area contributed by atoms with Crippen LogP contribution in [0.4, 0.5) is 0 Å². The van der Waals surface area contributed by atoms with Crippen LogP contribution in [0.15, 0.2) is 0 Å². The van der Waals surface area contributed by atoms with Crippen LogP contribution in [0.25, 0.3) is 0 Å². The van der Waals surface area contributed by atoms with Gasteiger partial charge in [-0.2, -0.15) is 0 Å². The first-order valence-corrected chi connectivity index (χ1v) is 6.77. The molecular formula is C13H24N2. The largest absolute Gasteiger partial charge is 0.316 e. The van der Waals surface area contributed by atoms with Crippen molar-refractivity contribution in [1.29, 1.82) is 0 Å². The topological polar surface area (TPSA) is 15.3 Å². The quantitative estimate of drug-likeness (QED) is 0.706. The van der Waals surface area contributed by atoms with Crippen LogP contribution >= 0.6 is 0 Å². The second kappa shape index (κ2) is 4.06. The summed E-state index contributed by atoms with van der Waals surface area (Å²) in [7, 11) is 0. The van der Waals surface area contributed by atoms with Crippen molar-refractivity contribution in [3.8, 4) is 0 Å². The van der Waals surface area contributed by atoms with E-state index in [2.05, 4.69) is 17.1 Å². The summed E-state index contributed by atoms with van der Waals surface area (Å²) in [5.74, 6) is 2.99. The molecule has 3 aliphatic rings. The number of hydrogen-bond acceptors (Lipinski definition) is 2. The van der Waals surface area contributed by atoms with Gasteiger partial charge in [0.05, 0.1) is 0 Å². The Bertz CT molecular complexity index is 209. The molecule has 0 bridgehead atoms. The summed E-state index contributed by atoms with van der Waals surface area (Å²) in [6.07, 6.45) is 5.83. The number of likely N-dealkylation sites (tertiary alicyclic amines) is 1. The Kier molecular flexibility index (Phi) is 2.73. The Labute approximate surface area is 93.4 Å². The van der Waals surface area contributed by atoms with Crippen LogP contribution in [-0.4, -0.2) is 37.1 Å². The predicted octanol–water partition coefficient (Wildman–Crippen LogP) is 1.72. The molecule has 2 heteroatoms. The van der Waals surface area contributed by atoms with Crippen molar-refractivity contribution in [3.05, 3.63) is 0 Å². The average molecular weight is 208 g/mol. The smallest absolute Gasteiger partial charge is 0.0102 e. The van der Waals surface area contributed by atoms with Gasteiger partial charge in [0.25, 0.3) is 0 Å². The van der Waals surface area contributed by atoms with E-state index >= 15 is 0 Å². The molecule has 0 aromatic rings. The second-order valence-corrected chi connectivity index (χ2v) is 6.02. The maximum atomic E-state index is 3.54. The second-order valence-electron chi connectivity index (χ2n) is 6.02. The lowest BCUT2D eigenvalue weighted by Gasteiger charge is -2.35. The van der Waals surface area contributed by atoms with Crippen LogP contribution in [0.3, 0.4) is 0 Å². The molecular weight excluding hydrogens is 184 g/mol. The Morgan fingerprint density at radius 3 is 2.20 bits per heavy atom. The number of fused-ring (bicyclic) bond motifs is 1. The molecule has 0 aromatic heterocycles. The van der Waals surface area contributed by atoms with Crippen molar-refractivity contribution in [2.45, 2.75) is 38.6 Å². The molecule has 1 N–H and O–H groups in total. The van der Waals surface area contributed by atoms with Crippen molar-refractivity contribution in [3.63, 3.8) is 0 Å². The molecule has 3 fully saturated rings. The van der Waals surface area contributed by atoms with E-state index in [0.717, 1.165) is 23.8 Å². The molecule has 0 amide bonds. The van der Waals surface area contributed by atoms with E-state index in [9.17, 15) is 0 Å². The summed E-state index contributed by atoms with van der Waals surface area (Å²) in [5.41, 5.74) is 0. The lowest BCUT2D eigenvalue weighted by atomic mass is 9.97. The molecule has 2 atom stereocenters. The molecule has 1 aliphatic carbocycles. The van der Waals surface area contributed by atoms with E-state index in [1.165, 1.54) is 51.9 Å². The zero-order valence-corrected chi connectivity index (χ0v) is 9.91. The molecule has 0 aromatic carbocycles. The number of nitrogens with one attached hydrogen (secondary N) is 1. The highest BCUT2D eigenvalue weighted by Crippen LogP contribution is 2.38. The fourth-order valence-electron chi connectivity index (χ4n) is 3.83. The van der Waals surface area contributed by atoms with Gasteiger partial charge < -0.3 is 10.2 Å². The first kappa shape index (κ1) is 10.1. The number of rotatable bonds is 1. The van der Waals surface area contributed by atoms with Gasteiger partial charge in [-0.15, -0.1) is 0 Å². The molecule has 0 unspecified atom stereocenters. The predicted molar refractivity (Wildman–Crippen MR) is 62.8 cm³/mol. The van der Waals surface area contributed by atoms with Gasteiger partial charge in [0.15, 0.2) is 0 Å². The van der Waals surface area contributed by atoms with Gasteiger partial charge in [-0.1, -0.05) is 6.92 Å². The number of nitrogens with zero attached hydrogens (tertiary/aromatic N) is 1. The molecule has 86 valence electrons. The Hall–Kier alpha value is -0.0800. The van der Waals surface area contributed by atoms with Crippen molar-refractivity contribution in [2.75, 3.05) is 26.2 Å². The molecule has 2 nitrogen and oxygen atoms in total. The molecule has 3 rings (SSSR count). The fourth-order valence-corrected chi connectivity index (χ4v) is 3.83. The lowest BCUT2D eigenvalue weighted by Crippen LogP contribution is -2.40. The highest BCUT2D eigenvalue weighted by molar-refractivity contribution is 4.95. The monoisotopic (exact) mass is 208 g/mol. The fraction of sp³-hybridized carbons (Fsp3) is 1.00. The summed E-state index contributed by atoms with van der Waals surface area (Å²) < 4.78 is 0. The van der Waals surface area contributed by atoms with E-state index in [4.69, 9.17) is 0 Å². The highest BCUT2D eigenvalue weighted by atomic mass is 15.2. The van der Waals surface area contributed by atoms with Crippen LogP contribution in [0.2, 0.25) is 0 Å². The molecule has 15 heavy (non-hydrogen) atoms. The van der Waals surface area contributed by atoms with Crippen molar-refractivity contribution in [1.82, 2.24) is 10.2 Å². The van der Waals surface area contributed by atoms with Crippen molar-refractivity contribution >= 4 is 0 Å². The first-order chi connectivity index (χ1) is 7.33. The van der Waals surface area contributed by atoms with E-state index in [-0.39, 0.29) is 0 Å². The molecule has 0 spiro atoms. The minimum atomic E-state index is 0.939. The van der Waals surface area contributed by atoms with Gasteiger partial charge >= 0.3 is 0 Å². The SMILES string of the molecule is CC1CCN(C2C[C@H]3CNC[C@@H]3C2)CC1. The zero-order chi connectivity index (χ0) is 10.3. The number of piperidine rings is 1. The zero-order valence-electron chi connectivity index (χ0n) is 9.91. The first-order valence-electron chi connectivity index (χ1n) is 6.77. The Morgan fingerprint density at radius 2 is 1.60 bits per heavy atom. The third-order valence-corrected chi connectivity index (χ3v) is 4.96. The van der Waals surface area contributed by atoms with E-state index in [1.807, 2.05) is 0 Å². The third kappa shape index (κ3) is 1.94. The average Bonchev–Trinajstić information content (AvgIpc) is 2.78. The van der Waals surface area contributed by atoms with Crippen LogP contribution in [0.5, 0.6) is 0 Å². The van der Waals surface area contributed by atoms with Crippen LogP contribution in [0, 0.1) is 17.8 Å². The Balaban J connectivity index is 1.56. The summed E-state index contributed by atoms with van der Waals surface area (Å²) in [5, 5.41) is 3.54. The van der Waals surface area contributed by atoms with Gasteiger partial charge in [-0.3, -0.25) is 0 Å². The van der Waals surface area contributed by atoms with Gasteiger partial charge in [0, 0.05) is 6.04 Å². The van der Waals surface area contributed by atoms with Gasteiger partial charge in [-0.05, 0) is 69.6 Å². The van der Waals surface area contributed by atoms with Crippen molar-refractivity contribution < 1.29 is 0 Å². The highest BCUT2D eigenvalue weighted by Gasteiger charge is 2.39. The van der Waals surface area contributed by atoms with Gasteiger partial charge in [-0.25, -0.2) is 0 Å². The van der Waals surface area contributed by atoms with Crippen molar-refractivity contribution in [2.24, 2.45) is 17.8 Å². The molecule has 2 saturated heterocycles. The van der Waals surface area contributed by atoms with E-state index < -0.39 is 0 Å². The maximum absolute atomic E-state index is 3.54. The van der Waals surface area contributed by atoms with Crippen LogP contribution in [0.1, 0.15) is 32.6 Å². The molecule has 1 saturated carbocycles. The van der Waals surface area contributed by atoms with E-state index in [1.54, 1.807) is 0 Å². The van der Waals surface area contributed by atoms with Crippen LogP contribution < -0.4 is 5.32 Å². The normalized spacial score (nSPS) is 39.8. The maximum Gasteiger partial charge on any atom is 0.0102 e. The minimum Gasteiger partial charge on any atom is -0.316 e. The summed E-state index contributed by atoms with van der Waals surface area (Å²) in [6, 6.07) is 0.939. The van der Waals surface area contributed by atoms with Crippen LogP contribution in [-0.2, 0) is 0 Å². The standard InChI is InChI=1S/C13H24N2/c1-10-2-4-15(5-3-10)13-6-11-8-14-9-12(11)7-13/h10-14H,2-9H2,1H3/t11-,12-/m0/s1. The van der Waals surface area contributed by atoms with Gasteiger partial charge in [0.1, 0.15) is 0 Å². The molecule has 0 radical (unpaired) electrons. The molecule has 2 aliphatic heterocycles. The summed E-state index contributed by atoms with van der Waals surface area (Å²) >= 11 is 0. The molecule has 2 heterocycles. The Morgan fingerprint density at radius 1 is 1.00 bits per heavy atom. The lowest BCUT2D eigenvalue weighted by molar-refractivity contribution is 0.135. The minimum absolute atomic E-state index is 0.939. The number of hydrogen-bond donors (Lipinski definition) is 1. The third-order valence-electron chi connectivity index (χ3n) is 4.96.